The maximum atomic E-state index is 11.2. The first-order valence-corrected chi connectivity index (χ1v) is 3.70. The van der Waals surface area contributed by atoms with Crippen LogP contribution in [0, 0.1) is 0 Å². The normalized spacial score (nSPS) is 11.5. The first-order chi connectivity index (χ1) is 5.02. The van der Waals surface area contributed by atoms with Crippen molar-refractivity contribution in [1.82, 2.24) is 4.98 Å². The van der Waals surface area contributed by atoms with Gasteiger partial charge in [-0.15, -0.1) is 0 Å². The Kier molecular flexibility index (Phi) is 1.85. The molecule has 0 aromatic carbocycles. The smallest absolute Gasteiger partial charge is 0.251 e. The van der Waals surface area contributed by atoms with Gasteiger partial charge in [-0.3, -0.25) is 4.79 Å². The van der Waals surface area contributed by atoms with Gasteiger partial charge in [0.2, 0.25) is 0 Å². The highest BCUT2D eigenvalue weighted by Gasteiger charge is 2.16. The molecule has 0 unspecified atom stereocenters. The number of pyridine rings is 1. The van der Waals surface area contributed by atoms with E-state index in [2.05, 4.69) is 4.98 Å². The minimum Gasteiger partial charge on any atom is -0.329 e. The third kappa shape index (κ3) is 1.70. The summed E-state index contributed by atoms with van der Waals surface area (Å²) in [6, 6.07) is 3.71. The van der Waals surface area contributed by atoms with Crippen LogP contribution in [-0.2, 0) is 5.41 Å². The van der Waals surface area contributed by atoms with Gasteiger partial charge in [0.15, 0.2) is 0 Å². The van der Waals surface area contributed by atoms with Crippen molar-refractivity contribution in [3.8, 4) is 0 Å². The summed E-state index contributed by atoms with van der Waals surface area (Å²) in [4.78, 5) is 13.9. The quantitative estimate of drug-likeness (QED) is 0.606. The van der Waals surface area contributed by atoms with E-state index in [1.165, 1.54) is 0 Å². The molecule has 0 atom stereocenters. The summed E-state index contributed by atoms with van der Waals surface area (Å²) >= 11 is 0. The first-order valence-electron chi connectivity index (χ1n) is 3.70. The maximum absolute atomic E-state index is 11.2. The van der Waals surface area contributed by atoms with Gasteiger partial charge < -0.3 is 4.98 Å². The summed E-state index contributed by atoms with van der Waals surface area (Å²) in [5.74, 6) is 0. The summed E-state index contributed by atoms with van der Waals surface area (Å²) < 4.78 is 0. The van der Waals surface area contributed by atoms with Crippen molar-refractivity contribution in [3.05, 3.63) is 34.2 Å². The van der Waals surface area contributed by atoms with Crippen LogP contribution >= 0.6 is 0 Å². The molecule has 2 nitrogen and oxygen atoms in total. The molecule has 0 spiro atoms. The highest BCUT2D eigenvalue weighted by molar-refractivity contribution is 5.17. The Morgan fingerprint density at radius 1 is 1.45 bits per heavy atom. The van der Waals surface area contributed by atoms with E-state index in [1.54, 1.807) is 6.20 Å². The standard InChI is InChI=1S/C9H13NO.H2/c1-9(2,3)7-5-4-6-10-8(7)11;/h4-6H,1-3H3,(H,10,11);1H. The number of aromatic amines is 1. The topological polar surface area (TPSA) is 32.9 Å². The fourth-order valence-electron chi connectivity index (χ4n) is 1.01. The molecule has 0 radical (unpaired) electrons. The number of H-pyrrole nitrogens is 1. The zero-order valence-corrected chi connectivity index (χ0v) is 7.14. The molecule has 2 heteroatoms. The van der Waals surface area contributed by atoms with Gasteiger partial charge in [0.1, 0.15) is 0 Å². The van der Waals surface area contributed by atoms with Crippen LogP contribution in [0.3, 0.4) is 0 Å². The van der Waals surface area contributed by atoms with E-state index >= 15 is 0 Å². The van der Waals surface area contributed by atoms with Crippen molar-refractivity contribution in [2.45, 2.75) is 26.2 Å². The van der Waals surface area contributed by atoms with Crippen molar-refractivity contribution in [1.29, 1.82) is 0 Å². The number of hydrogen-bond acceptors (Lipinski definition) is 1. The van der Waals surface area contributed by atoms with E-state index in [0.29, 0.717) is 0 Å². The lowest BCUT2D eigenvalue weighted by atomic mass is 9.88. The van der Waals surface area contributed by atoms with Gasteiger partial charge in [0.25, 0.3) is 5.56 Å². The van der Waals surface area contributed by atoms with Crippen LogP contribution in [0.25, 0.3) is 0 Å². The number of nitrogens with one attached hydrogen (secondary N) is 1. The van der Waals surface area contributed by atoms with Crippen LogP contribution in [0.5, 0.6) is 0 Å². The van der Waals surface area contributed by atoms with Crippen LogP contribution in [0.2, 0.25) is 0 Å². The summed E-state index contributed by atoms with van der Waals surface area (Å²) in [6.07, 6.45) is 1.65. The van der Waals surface area contributed by atoms with E-state index in [0.717, 1.165) is 5.56 Å². The van der Waals surface area contributed by atoms with Crippen LogP contribution in [0.4, 0.5) is 0 Å². The highest BCUT2D eigenvalue weighted by atomic mass is 16.1. The second-order valence-electron chi connectivity index (χ2n) is 3.66. The molecule has 0 aliphatic heterocycles. The Morgan fingerprint density at radius 2 is 2.09 bits per heavy atom. The highest BCUT2D eigenvalue weighted by Crippen LogP contribution is 2.16. The second-order valence-corrected chi connectivity index (χ2v) is 3.66. The van der Waals surface area contributed by atoms with Gasteiger partial charge in [-0.25, -0.2) is 0 Å². The third-order valence-corrected chi connectivity index (χ3v) is 1.63. The van der Waals surface area contributed by atoms with Crippen LogP contribution < -0.4 is 5.56 Å². The number of hydrogen-bond donors (Lipinski definition) is 1. The van der Waals surface area contributed by atoms with Gasteiger partial charge in [-0.2, -0.15) is 0 Å². The van der Waals surface area contributed by atoms with Gasteiger partial charge in [-0.1, -0.05) is 26.8 Å². The average Bonchev–Trinajstić information content (AvgIpc) is 1.86. The van der Waals surface area contributed by atoms with Crippen LogP contribution in [0.1, 0.15) is 27.8 Å². The SMILES string of the molecule is CC(C)(C)c1ccc[nH]c1=O.[HH]. The Labute approximate surface area is 67.8 Å². The lowest BCUT2D eigenvalue weighted by Crippen LogP contribution is -2.23. The molecule has 0 saturated carbocycles. The Bertz CT molecular complexity index is 298. The van der Waals surface area contributed by atoms with E-state index in [1.807, 2.05) is 32.9 Å². The second kappa shape index (κ2) is 2.53. The maximum Gasteiger partial charge on any atom is 0.251 e. The van der Waals surface area contributed by atoms with E-state index in [4.69, 9.17) is 0 Å². The molecule has 0 aliphatic carbocycles. The van der Waals surface area contributed by atoms with Gasteiger partial charge in [0.05, 0.1) is 0 Å². The Hall–Kier alpha value is -1.05. The molecule has 1 rings (SSSR count). The largest absolute Gasteiger partial charge is 0.329 e. The van der Waals surface area contributed by atoms with Crippen molar-refractivity contribution in [3.63, 3.8) is 0 Å². The van der Waals surface area contributed by atoms with Crippen LogP contribution in [-0.4, -0.2) is 4.98 Å². The van der Waals surface area contributed by atoms with E-state index in [9.17, 15) is 4.79 Å². The van der Waals surface area contributed by atoms with Crippen molar-refractivity contribution >= 4 is 0 Å². The van der Waals surface area contributed by atoms with Gasteiger partial charge in [0, 0.05) is 13.2 Å². The molecular formula is C9H15NO. The molecule has 11 heavy (non-hydrogen) atoms. The third-order valence-electron chi connectivity index (χ3n) is 1.63. The zero-order valence-electron chi connectivity index (χ0n) is 7.14. The Balaban J connectivity index is 0.00000121. The first kappa shape index (κ1) is 8.05. The monoisotopic (exact) mass is 153 g/mol. The molecular weight excluding hydrogens is 138 g/mol. The molecule has 0 amide bonds. The fourth-order valence-corrected chi connectivity index (χ4v) is 1.01. The molecule has 1 N–H and O–H groups in total. The molecule has 1 aromatic heterocycles. The zero-order chi connectivity index (χ0) is 8.48. The minimum atomic E-state index is -0.0607. The van der Waals surface area contributed by atoms with Crippen LogP contribution in [0.15, 0.2) is 23.1 Å². The van der Waals surface area contributed by atoms with Gasteiger partial charge >= 0.3 is 0 Å². The average molecular weight is 153 g/mol. The molecule has 0 aliphatic rings. The Morgan fingerprint density at radius 3 is 2.45 bits per heavy atom. The summed E-state index contributed by atoms with van der Waals surface area (Å²) in [5, 5.41) is 0. The summed E-state index contributed by atoms with van der Waals surface area (Å²) in [6.45, 7) is 6.08. The summed E-state index contributed by atoms with van der Waals surface area (Å²) in [5.41, 5.74) is 0.787. The summed E-state index contributed by atoms with van der Waals surface area (Å²) in [7, 11) is 0. The minimum absolute atomic E-state index is 0. The number of rotatable bonds is 0. The molecule has 1 heterocycles. The van der Waals surface area contributed by atoms with Crippen molar-refractivity contribution in [2.75, 3.05) is 0 Å². The van der Waals surface area contributed by atoms with E-state index < -0.39 is 0 Å². The molecule has 0 bridgehead atoms. The number of aromatic nitrogens is 1. The predicted octanol–water partition coefficient (Wildman–Crippen LogP) is 1.92. The van der Waals surface area contributed by atoms with Crippen molar-refractivity contribution in [2.24, 2.45) is 0 Å². The lowest BCUT2D eigenvalue weighted by Gasteiger charge is -2.16. The van der Waals surface area contributed by atoms with Gasteiger partial charge in [-0.05, 0) is 11.5 Å². The van der Waals surface area contributed by atoms with E-state index in [-0.39, 0.29) is 12.4 Å². The molecule has 62 valence electrons. The molecule has 0 saturated heterocycles. The van der Waals surface area contributed by atoms with Crippen molar-refractivity contribution < 1.29 is 1.43 Å². The molecule has 1 aromatic rings. The lowest BCUT2D eigenvalue weighted by molar-refractivity contribution is 0.581. The fraction of sp³-hybridized carbons (Fsp3) is 0.444. The predicted molar refractivity (Wildman–Crippen MR) is 47.9 cm³/mol. The molecule has 0 fully saturated rings.